The van der Waals surface area contributed by atoms with Crippen LogP contribution in [-0.2, 0) is 18.4 Å². The normalized spacial score (nSPS) is 10.1. The average Bonchev–Trinajstić information content (AvgIpc) is 2.32. The monoisotopic (exact) mass is 185 g/mol. The number of hydrogen-bond acceptors (Lipinski definition) is 4. The Labute approximate surface area is 74.7 Å². The lowest BCUT2D eigenvalue weighted by Gasteiger charge is -1.92. The molecule has 0 saturated heterocycles. The Balaban J connectivity index is 3.10. The van der Waals surface area contributed by atoms with Gasteiger partial charge in [-0.25, -0.2) is 14.0 Å². The zero-order valence-electron chi connectivity index (χ0n) is 7.77. The lowest BCUT2D eigenvalue weighted by Crippen LogP contribution is -2.25. The largest absolute Gasteiger partial charge is 0.467 e. The first-order chi connectivity index (χ1) is 6.06. The fourth-order valence-corrected chi connectivity index (χ4v) is 0.960. The smallest absolute Gasteiger partial charge is 0.348 e. The van der Waals surface area contributed by atoms with E-state index >= 15 is 0 Å². The lowest BCUT2D eigenvalue weighted by atomic mass is 10.5. The number of hydrogen-bond donors (Lipinski definition) is 0. The topological polar surface area (TPSA) is 66.1 Å². The minimum absolute atomic E-state index is 0.0178. The van der Waals surface area contributed by atoms with Crippen molar-refractivity contribution >= 4 is 5.78 Å². The summed E-state index contributed by atoms with van der Waals surface area (Å²) in [6.07, 6.45) is 0. The molecule has 6 nitrogen and oxygen atoms in total. The summed E-state index contributed by atoms with van der Waals surface area (Å²) in [5.74, 6) is -0.122. The molecule has 0 aliphatic rings. The molecule has 6 heteroatoms. The molecule has 0 aliphatic carbocycles. The Morgan fingerprint density at radius 3 is 2.62 bits per heavy atom. The van der Waals surface area contributed by atoms with Crippen molar-refractivity contribution in [2.45, 2.75) is 13.5 Å². The number of rotatable bonds is 3. The Morgan fingerprint density at radius 1 is 1.62 bits per heavy atom. The first-order valence-corrected chi connectivity index (χ1v) is 3.73. The maximum absolute atomic E-state index is 11.3. The molecule has 0 radical (unpaired) electrons. The van der Waals surface area contributed by atoms with E-state index in [2.05, 4.69) is 5.10 Å². The number of carbonyl (C=O) groups excluding carboxylic acids is 1. The van der Waals surface area contributed by atoms with Gasteiger partial charge in [0.05, 0.1) is 7.11 Å². The summed E-state index contributed by atoms with van der Waals surface area (Å²) in [5.41, 5.74) is -0.355. The Hall–Kier alpha value is -1.59. The van der Waals surface area contributed by atoms with Crippen molar-refractivity contribution in [2.24, 2.45) is 7.05 Å². The molecule has 0 saturated carbocycles. The van der Waals surface area contributed by atoms with Crippen LogP contribution < -0.4 is 10.4 Å². The Kier molecular flexibility index (Phi) is 2.50. The van der Waals surface area contributed by atoms with E-state index in [0.717, 1.165) is 4.68 Å². The summed E-state index contributed by atoms with van der Waals surface area (Å²) in [6, 6.07) is 0.200. The number of ketones is 1. The van der Waals surface area contributed by atoms with Crippen LogP contribution in [0.4, 0.5) is 0 Å². The van der Waals surface area contributed by atoms with Gasteiger partial charge in [-0.15, -0.1) is 5.10 Å². The van der Waals surface area contributed by atoms with Crippen LogP contribution in [0.25, 0.3) is 0 Å². The van der Waals surface area contributed by atoms with Crippen molar-refractivity contribution in [2.75, 3.05) is 7.11 Å². The first-order valence-electron chi connectivity index (χ1n) is 3.73. The van der Waals surface area contributed by atoms with Crippen molar-refractivity contribution in [1.82, 2.24) is 14.3 Å². The predicted molar refractivity (Wildman–Crippen MR) is 44.7 cm³/mol. The van der Waals surface area contributed by atoms with Gasteiger partial charge in [-0.2, -0.15) is 0 Å². The zero-order valence-corrected chi connectivity index (χ0v) is 7.77. The molecular weight excluding hydrogens is 174 g/mol. The second-order valence-electron chi connectivity index (χ2n) is 2.69. The van der Waals surface area contributed by atoms with Crippen LogP contribution in [0.15, 0.2) is 4.79 Å². The van der Waals surface area contributed by atoms with Crippen molar-refractivity contribution in [3.05, 3.63) is 10.5 Å². The van der Waals surface area contributed by atoms with Gasteiger partial charge in [0.2, 0.25) is 0 Å². The molecule has 0 aromatic carbocycles. The van der Waals surface area contributed by atoms with Crippen LogP contribution in [-0.4, -0.2) is 27.2 Å². The molecule has 0 amide bonds. The predicted octanol–water partition coefficient (Wildman–Crippen LogP) is -0.821. The minimum atomic E-state index is -0.355. The van der Waals surface area contributed by atoms with E-state index in [-0.39, 0.29) is 24.0 Å². The van der Waals surface area contributed by atoms with Gasteiger partial charge in [0.25, 0.3) is 0 Å². The number of methoxy groups -OCH3 is 1. The Morgan fingerprint density at radius 2 is 2.23 bits per heavy atom. The van der Waals surface area contributed by atoms with Crippen molar-refractivity contribution < 1.29 is 9.53 Å². The molecule has 1 heterocycles. The maximum Gasteiger partial charge on any atom is 0.348 e. The number of Topliss-reactive ketones (excluding diaryl/α,β-unsaturated/α-hetero) is 1. The van der Waals surface area contributed by atoms with Gasteiger partial charge >= 0.3 is 11.7 Å². The minimum Gasteiger partial charge on any atom is -0.467 e. The molecule has 13 heavy (non-hydrogen) atoms. The highest BCUT2D eigenvalue weighted by molar-refractivity contribution is 5.75. The highest BCUT2D eigenvalue weighted by Gasteiger charge is 2.10. The van der Waals surface area contributed by atoms with Gasteiger partial charge in [-0.3, -0.25) is 4.79 Å². The lowest BCUT2D eigenvalue weighted by molar-refractivity contribution is -0.117. The van der Waals surface area contributed by atoms with Crippen LogP contribution in [0, 0.1) is 0 Å². The van der Waals surface area contributed by atoms with Gasteiger partial charge < -0.3 is 4.74 Å². The fourth-order valence-electron chi connectivity index (χ4n) is 0.960. The van der Waals surface area contributed by atoms with Gasteiger partial charge in [-0.1, -0.05) is 0 Å². The molecule has 0 bridgehead atoms. The van der Waals surface area contributed by atoms with E-state index in [1.807, 2.05) is 0 Å². The molecule has 1 aromatic heterocycles. The second kappa shape index (κ2) is 3.42. The second-order valence-corrected chi connectivity index (χ2v) is 2.69. The molecule has 0 spiro atoms. The SMILES string of the molecule is COc1nn(CC(C)=O)c(=O)n1C. The molecule has 72 valence electrons. The summed E-state index contributed by atoms with van der Waals surface area (Å²) < 4.78 is 7.12. The number of aromatic nitrogens is 3. The van der Waals surface area contributed by atoms with Gasteiger partial charge in [0.15, 0.2) is 5.78 Å². The quantitative estimate of drug-likeness (QED) is 0.617. The van der Waals surface area contributed by atoms with Crippen molar-refractivity contribution in [3.8, 4) is 6.01 Å². The van der Waals surface area contributed by atoms with E-state index in [9.17, 15) is 9.59 Å². The molecule has 0 atom stereocenters. The van der Waals surface area contributed by atoms with Crippen LogP contribution >= 0.6 is 0 Å². The van der Waals surface area contributed by atoms with Crippen LogP contribution in [0.5, 0.6) is 6.01 Å². The van der Waals surface area contributed by atoms with E-state index in [1.54, 1.807) is 0 Å². The molecular formula is C7H11N3O3. The first kappa shape index (κ1) is 9.50. The molecule has 1 rings (SSSR count). The third kappa shape index (κ3) is 1.77. The van der Waals surface area contributed by atoms with Crippen LogP contribution in [0.1, 0.15) is 6.92 Å². The zero-order chi connectivity index (χ0) is 10.0. The van der Waals surface area contributed by atoms with E-state index < -0.39 is 0 Å². The summed E-state index contributed by atoms with van der Waals surface area (Å²) in [6.45, 7) is 1.38. The summed E-state index contributed by atoms with van der Waals surface area (Å²) in [4.78, 5) is 22.0. The molecule has 0 unspecified atom stereocenters. The maximum atomic E-state index is 11.3. The molecule has 0 aliphatic heterocycles. The fraction of sp³-hybridized carbons (Fsp3) is 0.571. The van der Waals surface area contributed by atoms with E-state index in [0.29, 0.717) is 0 Å². The van der Waals surface area contributed by atoms with E-state index in [1.165, 1.54) is 25.6 Å². The standard InChI is InChI=1S/C7H11N3O3/c1-5(11)4-10-7(12)9(2)6(8-10)13-3/h4H2,1-3H3. The number of ether oxygens (including phenoxy) is 1. The van der Waals surface area contributed by atoms with Gasteiger partial charge in [0, 0.05) is 7.05 Å². The molecule has 1 aromatic rings. The summed E-state index contributed by atoms with van der Waals surface area (Å²) in [7, 11) is 2.95. The highest BCUT2D eigenvalue weighted by atomic mass is 16.5. The average molecular weight is 185 g/mol. The Bertz CT molecular complexity index is 377. The van der Waals surface area contributed by atoms with E-state index in [4.69, 9.17) is 4.74 Å². The third-order valence-corrected chi connectivity index (χ3v) is 1.56. The number of carbonyl (C=O) groups is 1. The third-order valence-electron chi connectivity index (χ3n) is 1.56. The van der Waals surface area contributed by atoms with Crippen molar-refractivity contribution in [3.63, 3.8) is 0 Å². The van der Waals surface area contributed by atoms with Gasteiger partial charge in [-0.05, 0) is 6.92 Å². The molecule has 0 N–H and O–H groups in total. The molecule has 0 fully saturated rings. The van der Waals surface area contributed by atoms with Gasteiger partial charge in [0.1, 0.15) is 6.54 Å². The summed E-state index contributed by atoms with van der Waals surface area (Å²) >= 11 is 0. The summed E-state index contributed by atoms with van der Waals surface area (Å²) in [5, 5.41) is 3.79. The van der Waals surface area contributed by atoms with Crippen LogP contribution in [0.3, 0.4) is 0 Å². The highest BCUT2D eigenvalue weighted by Crippen LogP contribution is 1.98. The van der Waals surface area contributed by atoms with Crippen molar-refractivity contribution in [1.29, 1.82) is 0 Å². The number of nitrogens with zero attached hydrogens (tertiary/aromatic N) is 3. The van der Waals surface area contributed by atoms with Crippen LogP contribution in [0.2, 0.25) is 0 Å².